The molecular weight excluding hydrogens is 326 g/mol. The van der Waals surface area contributed by atoms with Gasteiger partial charge in [0.15, 0.2) is 0 Å². The molecule has 134 valence electrons. The Balaban J connectivity index is 1.65. The number of anilines is 1. The molecule has 0 aliphatic carbocycles. The summed E-state index contributed by atoms with van der Waals surface area (Å²) in [4.78, 5) is 34.8. The molecule has 25 heavy (non-hydrogen) atoms. The van der Waals surface area contributed by atoms with E-state index in [1.165, 1.54) is 0 Å². The lowest BCUT2D eigenvalue weighted by Gasteiger charge is -2.14. The second kappa shape index (κ2) is 7.00. The first-order valence-corrected chi connectivity index (χ1v) is 8.34. The molecule has 0 radical (unpaired) electrons. The van der Waals surface area contributed by atoms with E-state index >= 15 is 0 Å². The van der Waals surface area contributed by atoms with Gasteiger partial charge in [-0.2, -0.15) is 0 Å². The molecule has 2 aliphatic heterocycles. The molecule has 2 aliphatic rings. The monoisotopic (exact) mass is 347 g/mol. The van der Waals surface area contributed by atoms with Gasteiger partial charge in [-0.25, -0.2) is 4.79 Å². The van der Waals surface area contributed by atoms with Gasteiger partial charge in [0.25, 0.3) is 5.91 Å². The first-order valence-electron chi connectivity index (χ1n) is 8.34. The van der Waals surface area contributed by atoms with Gasteiger partial charge in [-0.05, 0) is 26.3 Å². The van der Waals surface area contributed by atoms with Gasteiger partial charge in [0.1, 0.15) is 23.6 Å². The molecule has 2 atom stereocenters. The van der Waals surface area contributed by atoms with Crippen LogP contribution in [0.3, 0.4) is 0 Å². The van der Waals surface area contributed by atoms with Crippen LogP contribution < -0.4 is 25.4 Å². The minimum Gasteiger partial charge on any atom is -0.492 e. The maximum absolute atomic E-state index is 12.2. The van der Waals surface area contributed by atoms with Gasteiger partial charge >= 0.3 is 6.03 Å². The average Bonchev–Trinajstić information content (AvgIpc) is 3.06. The molecule has 1 aromatic carbocycles. The van der Waals surface area contributed by atoms with Crippen LogP contribution in [0, 0.1) is 0 Å². The number of urea groups is 1. The number of amides is 4. The number of carbonyl (C=O) groups is 3. The van der Waals surface area contributed by atoms with Crippen molar-refractivity contribution in [3.05, 3.63) is 17.7 Å². The Bertz CT molecular complexity index is 718. The third kappa shape index (κ3) is 3.84. The van der Waals surface area contributed by atoms with Crippen molar-refractivity contribution in [1.29, 1.82) is 0 Å². The second-order valence-electron chi connectivity index (χ2n) is 6.12. The molecule has 4 amide bonds. The van der Waals surface area contributed by atoms with Gasteiger partial charge in [0, 0.05) is 24.5 Å². The number of rotatable bonds is 6. The molecule has 8 nitrogen and oxygen atoms in total. The van der Waals surface area contributed by atoms with Gasteiger partial charge in [-0.3, -0.25) is 14.9 Å². The number of fused-ring (bicyclic) bond motifs is 1. The Morgan fingerprint density at radius 3 is 2.88 bits per heavy atom. The standard InChI is InChI=1S/C17H21N3O5/c1-3-24-14-7-10-6-9(2)25-13(10)8-12(14)18-15(21)5-4-11-16(22)20-17(23)19-11/h7-9,11H,3-6H2,1-2H3,(H,18,21)(H2,19,20,22,23)/t9-,11+/m1/s1. The minimum absolute atomic E-state index is 0.0955. The zero-order valence-electron chi connectivity index (χ0n) is 14.2. The molecule has 0 bridgehead atoms. The van der Waals surface area contributed by atoms with Crippen molar-refractivity contribution in [3.8, 4) is 11.5 Å². The van der Waals surface area contributed by atoms with Crippen LogP contribution in [0.25, 0.3) is 0 Å². The van der Waals surface area contributed by atoms with Gasteiger partial charge in [0.05, 0.1) is 12.3 Å². The van der Waals surface area contributed by atoms with Crippen molar-refractivity contribution in [2.75, 3.05) is 11.9 Å². The Kier molecular flexibility index (Phi) is 4.78. The van der Waals surface area contributed by atoms with Gasteiger partial charge in [-0.15, -0.1) is 0 Å². The van der Waals surface area contributed by atoms with E-state index in [1.54, 1.807) is 6.07 Å². The highest BCUT2D eigenvalue weighted by Crippen LogP contribution is 2.38. The first-order chi connectivity index (χ1) is 12.0. The van der Waals surface area contributed by atoms with Crippen LogP contribution in [0.5, 0.6) is 11.5 Å². The lowest BCUT2D eigenvalue weighted by atomic mass is 10.1. The molecule has 0 spiro atoms. The molecule has 2 heterocycles. The molecule has 0 unspecified atom stereocenters. The molecule has 1 aromatic rings. The maximum Gasteiger partial charge on any atom is 0.322 e. The van der Waals surface area contributed by atoms with Crippen molar-refractivity contribution in [1.82, 2.24) is 10.6 Å². The first kappa shape index (κ1) is 17.1. The number of hydrogen-bond donors (Lipinski definition) is 3. The smallest absolute Gasteiger partial charge is 0.322 e. The number of hydrogen-bond acceptors (Lipinski definition) is 5. The Labute approximate surface area is 145 Å². The van der Waals surface area contributed by atoms with Crippen LogP contribution in [-0.4, -0.2) is 36.6 Å². The molecular formula is C17H21N3O5. The fraction of sp³-hybridized carbons (Fsp3) is 0.471. The normalized spacial score (nSPS) is 21.2. The minimum atomic E-state index is -0.672. The maximum atomic E-state index is 12.2. The predicted molar refractivity (Wildman–Crippen MR) is 89.7 cm³/mol. The fourth-order valence-electron chi connectivity index (χ4n) is 2.96. The van der Waals surface area contributed by atoms with E-state index in [1.807, 2.05) is 19.9 Å². The topological polar surface area (TPSA) is 106 Å². The Morgan fingerprint density at radius 1 is 1.40 bits per heavy atom. The van der Waals surface area contributed by atoms with Gasteiger partial charge in [0.2, 0.25) is 5.91 Å². The summed E-state index contributed by atoms with van der Waals surface area (Å²) < 4.78 is 11.3. The molecule has 1 saturated heterocycles. The highest BCUT2D eigenvalue weighted by atomic mass is 16.5. The summed E-state index contributed by atoms with van der Waals surface area (Å²) in [7, 11) is 0. The van der Waals surface area contributed by atoms with E-state index < -0.39 is 18.0 Å². The zero-order valence-corrected chi connectivity index (χ0v) is 14.2. The van der Waals surface area contributed by atoms with Crippen LogP contribution in [-0.2, 0) is 16.0 Å². The molecule has 0 aromatic heterocycles. The molecule has 3 rings (SSSR count). The third-order valence-electron chi connectivity index (χ3n) is 4.09. The number of ether oxygens (including phenoxy) is 2. The number of nitrogens with one attached hydrogen (secondary N) is 3. The summed E-state index contributed by atoms with van der Waals surface area (Å²) in [5.41, 5.74) is 1.60. The van der Waals surface area contributed by atoms with Crippen LogP contribution >= 0.6 is 0 Å². The molecule has 0 saturated carbocycles. The van der Waals surface area contributed by atoms with Crippen molar-refractivity contribution < 1.29 is 23.9 Å². The second-order valence-corrected chi connectivity index (χ2v) is 6.12. The number of benzene rings is 1. The largest absolute Gasteiger partial charge is 0.492 e. The van der Waals surface area contributed by atoms with E-state index in [0.717, 1.165) is 17.7 Å². The van der Waals surface area contributed by atoms with E-state index in [9.17, 15) is 14.4 Å². The number of imide groups is 1. The summed E-state index contributed by atoms with van der Waals surface area (Å²) in [5.74, 6) is 0.668. The molecule has 3 N–H and O–H groups in total. The van der Waals surface area contributed by atoms with Crippen molar-refractivity contribution in [2.45, 2.75) is 45.3 Å². The fourth-order valence-corrected chi connectivity index (χ4v) is 2.96. The SMILES string of the molecule is CCOc1cc2c(cc1NC(=O)CC[C@@H]1NC(=O)NC1=O)O[C@H](C)C2. The quantitative estimate of drug-likeness (QED) is 0.673. The van der Waals surface area contributed by atoms with Crippen molar-refractivity contribution in [2.24, 2.45) is 0 Å². The van der Waals surface area contributed by atoms with Crippen LogP contribution in [0.2, 0.25) is 0 Å². The third-order valence-corrected chi connectivity index (χ3v) is 4.09. The van der Waals surface area contributed by atoms with Crippen LogP contribution in [0.15, 0.2) is 12.1 Å². The highest BCUT2D eigenvalue weighted by molar-refractivity contribution is 6.04. The summed E-state index contributed by atoms with van der Waals surface area (Å²) in [6.45, 7) is 4.34. The predicted octanol–water partition coefficient (Wildman–Crippen LogP) is 1.34. The Hall–Kier alpha value is -2.77. The van der Waals surface area contributed by atoms with Gasteiger partial charge < -0.3 is 20.1 Å². The van der Waals surface area contributed by atoms with E-state index in [2.05, 4.69) is 16.0 Å². The molecule has 1 fully saturated rings. The number of carbonyl (C=O) groups excluding carboxylic acids is 3. The van der Waals surface area contributed by atoms with E-state index in [0.29, 0.717) is 18.0 Å². The van der Waals surface area contributed by atoms with Crippen LogP contribution in [0.4, 0.5) is 10.5 Å². The lowest BCUT2D eigenvalue weighted by molar-refractivity contribution is -0.120. The van der Waals surface area contributed by atoms with E-state index in [4.69, 9.17) is 9.47 Å². The summed E-state index contributed by atoms with van der Waals surface area (Å²) in [6.07, 6.45) is 1.23. The van der Waals surface area contributed by atoms with Crippen LogP contribution in [0.1, 0.15) is 32.3 Å². The highest BCUT2D eigenvalue weighted by Gasteiger charge is 2.29. The van der Waals surface area contributed by atoms with Crippen molar-refractivity contribution in [3.63, 3.8) is 0 Å². The average molecular weight is 347 g/mol. The van der Waals surface area contributed by atoms with E-state index in [-0.39, 0.29) is 24.9 Å². The Morgan fingerprint density at radius 2 is 2.20 bits per heavy atom. The summed E-state index contributed by atoms with van der Waals surface area (Å²) in [6, 6.07) is 2.46. The summed E-state index contributed by atoms with van der Waals surface area (Å²) in [5, 5.41) is 7.41. The zero-order chi connectivity index (χ0) is 18.0. The lowest BCUT2D eigenvalue weighted by Crippen LogP contribution is -2.30. The van der Waals surface area contributed by atoms with Gasteiger partial charge in [-0.1, -0.05) is 0 Å². The summed E-state index contributed by atoms with van der Waals surface area (Å²) >= 11 is 0. The molecule has 8 heteroatoms. The van der Waals surface area contributed by atoms with Crippen molar-refractivity contribution >= 4 is 23.5 Å².